The number of aromatic hydroxyl groups is 1. The van der Waals surface area contributed by atoms with Gasteiger partial charge >= 0.3 is 11.9 Å². The van der Waals surface area contributed by atoms with Gasteiger partial charge in [0.25, 0.3) is 0 Å². The molecule has 2 N–H and O–H groups in total. The number of aromatic amines is 1. The summed E-state index contributed by atoms with van der Waals surface area (Å²) in [6.45, 7) is 0.119. The first-order valence-corrected chi connectivity index (χ1v) is 10.6. The second-order valence-corrected chi connectivity index (χ2v) is 7.73. The largest absolute Gasteiger partial charge is 0.507 e. The first kappa shape index (κ1) is 21.2. The maximum atomic E-state index is 13.0. The zero-order chi connectivity index (χ0) is 23.7. The third-order valence-corrected chi connectivity index (χ3v) is 5.59. The van der Waals surface area contributed by atoms with E-state index in [1.807, 2.05) is 54.6 Å². The topological polar surface area (TPSA) is 102 Å². The Hall–Kier alpha value is -4.65. The highest BCUT2D eigenvalue weighted by molar-refractivity contribution is 6.13. The van der Waals surface area contributed by atoms with Crippen molar-refractivity contribution in [3.8, 4) is 17.0 Å². The molecule has 0 bridgehead atoms. The number of hydrogen-bond donors (Lipinski definition) is 2. The number of carbonyl (C=O) groups is 2. The summed E-state index contributed by atoms with van der Waals surface area (Å²) in [7, 11) is 1.24. The Morgan fingerprint density at radius 2 is 1.68 bits per heavy atom. The van der Waals surface area contributed by atoms with Gasteiger partial charge in [-0.1, -0.05) is 48.5 Å². The van der Waals surface area contributed by atoms with Crippen LogP contribution in [0.2, 0.25) is 0 Å². The van der Waals surface area contributed by atoms with Gasteiger partial charge in [0.1, 0.15) is 23.6 Å². The number of hydrogen-bond acceptors (Lipinski definition) is 6. The molecular weight excluding hydrogens is 432 g/mol. The number of pyridine rings is 1. The Morgan fingerprint density at radius 3 is 2.47 bits per heavy atom. The third-order valence-electron chi connectivity index (χ3n) is 5.59. The molecule has 0 aliphatic rings. The van der Waals surface area contributed by atoms with Crippen LogP contribution in [0, 0.1) is 0 Å². The average Bonchev–Trinajstić information content (AvgIpc) is 3.26. The number of fused-ring (bicyclic) bond motifs is 3. The van der Waals surface area contributed by atoms with E-state index in [0.29, 0.717) is 16.8 Å². The van der Waals surface area contributed by atoms with Crippen LogP contribution in [0.25, 0.3) is 33.1 Å². The number of phenolic OH excluding ortho intramolecular Hbond substituents is 1. The number of nitrogens with zero attached hydrogens (tertiary/aromatic N) is 1. The molecule has 0 fully saturated rings. The Labute approximate surface area is 194 Å². The first-order valence-electron chi connectivity index (χ1n) is 10.6. The normalized spacial score (nSPS) is 11.0. The van der Waals surface area contributed by atoms with Crippen LogP contribution >= 0.6 is 0 Å². The zero-order valence-electron chi connectivity index (χ0n) is 18.2. The van der Waals surface area contributed by atoms with Crippen molar-refractivity contribution >= 4 is 33.7 Å². The highest BCUT2D eigenvalue weighted by Gasteiger charge is 2.20. The smallest absolute Gasteiger partial charge is 0.357 e. The van der Waals surface area contributed by atoms with Crippen LogP contribution in [0.4, 0.5) is 0 Å². The SMILES string of the molecule is COC(=O)c1cc(-c2nc(C(=O)OCc3ccccc3)cc3c2[nH]c2ccccc23)ccc1O. The lowest BCUT2D eigenvalue weighted by atomic mass is 10.0. The molecule has 7 nitrogen and oxygen atoms in total. The summed E-state index contributed by atoms with van der Waals surface area (Å²) in [4.78, 5) is 33.1. The monoisotopic (exact) mass is 452 g/mol. The Bertz CT molecular complexity index is 1540. The van der Waals surface area contributed by atoms with Crippen molar-refractivity contribution in [3.05, 3.63) is 95.7 Å². The minimum atomic E-state index is -0.675. The van der Waals surface area contributed by atoms with Crippen LogP contribution in [-0.4, -0.2) is 34.1 Å². The summed E-state index contributed by atoms with van der Waals surface area (Å²) < 4.78 is 10.3. The van der Waals surface area contributed by atoms with E-state index in [1.54, 1.807) is 12.1 Å². The number of rotatable bonds is 5. The standard InChI is InChI=1S/C27H20N2O5/c1-33-26(31)20-13-17(11-12-23(20)30)24-25-19(18-9-5-6-10-21(18)28-25)14-22(29-24)27(32)34-15-16-7-3-2-4-8-16/h2-14,28,30H,15H2,1H3. The Kier molecular flexibility index (Phi) is 5.43. The van der Waals surface area contributed by atoms with Gasteiger partial charge < -0.3 is 19.6 Å². The summed E-state index contributed by atoms with van der Waals surface area (Å²) in [5.74, 6) is -1.45. The molecule has 5 rings (SSSR count). The van der Waals surface area contributed by atoms with Gasteiger partial charge in [0.15, 0.2) is 0 Å². The minimum Gasteiger partial charge on any atom is -0.507 e. The predicted octanol–water partition coefficient (Wildman–Crippen LogP) is 5.23. The number of esters is 2. The van der Waals surface area contributed by atoms with E-state index in [-0.39, 0.29) is 23.6 Å². The average molecular weight is 452 g/mol. The van der Waals surface area contributed by atoms with Crippen molar-refractivity contribution in [2.45, 2.75) is 6.61 Å². The van der Waals surface area contributed by atoms with Crippen molar-refractivity contribution in [1.82, 2.24) is 9.97 Å². The van der Waals surface area contributed by atoms with E-state index < -0.39 is 11.9 Å². The van der Waals surface area contributed by atoms with Crippen molar-refractivity contribution < 1.29 is 24.2 Å². The molecule has 2 heterocycles. The molecule has 0 atom stereocenters. The summed E-state index contributed by atoms with van der Waals surface area (Å²) in [5, 5.41) is 11.8. The maximum Gasteiger partial charge on any atom is 0.357 e. The van der Waals surface area contributed by atoms with Crippen LogP contribution in [0.5, 0.6) is 5.75 Å². The first-order chi connectivity index (χ1) is 16.5. The number of aromatic nitrogens is 2. The highest BCUT2D eigenvalue weighted by Crippen LogP contribution is 2.34. The number of ether oxygens (including phenoxy) is 2. The van der Waals surface area contributed by atoms with Crippen LogP contribution < -0.4 is 0 Å². The van der Waals surface area contributed by atoms with Crippen LogP contribution in [0.15, 0.2) is 78.9 Å². The summed E-state index contributed by atoms with van der Waals surface area (Å²) in [6, 6.07) is 23.3. The number of phenols is 1. The lowest BCUT2D eigenvalue weighted by Crippen LogP contribution is -2.08. The second kappa shape index (κ2) is 8.71. The minimum absolute atomic E-state index is 0.00289. The fourth-order valence-electron chi connectivity index (χ4n) is 3.91. The van der Waals surface area contributed by atoms with Crippen molar-refractivity contribution in [2.75, 3.05) is 7.11 Å². The lowest BCUT2D eigenvalue weighted by Gasteiger charge is -2.10. The number of benzene rings is 3. The third kappa shape index (κ3) is 3.84. The van der Waals surface area contributed by atoms with Crippen LogP contribution in [-0.2, 0) is 16.1 Å². The number of para-hydroxylation sites is 1. The van der Waals surface area contributed by atoms with Gasteiger partial charge in [-0.15, -0.1) is 0 Å². The predicted molar refractivity (Wildman–Crippen MR) is 128 cm³/mol. The number of carbonyl (C=O) groups excluding carboxylic acids is 2. The molecule has 0 saturated carbocycles. The summed E-state index contributed by atoms with van der Waals surface area (Å²) in [5.41, 5.74) is 3.56. The molecule has 5 aromatic rings. The molecular formula is C27H20N2O5. The summed E-state index contributed by atoms with van der Waals surface area (Å²) >= 11 is 0. The quantitative estimate of drug-likeness (QED) is 0.354. The molecule has 0 saturated heterocycles. The molecule has 2 aromatic heterocycles. The van der Waals surface area contributed by atoms with E-state index >= 15 is 0 Å². The molecule has 0 spiro atoms. The van der Waals surface area contributed by atoms with Gasteiger partial charge in [0.2, 0.25) is 0 Å². The summed E-state index contributed by atoms with van der Waals surface area (Å²) in [6.07, 6.45) is 0. The Balaban J connectivity index is 1.65. The van der Waals surface area contributed by atoms with Gasteiger partial charge in [-0.25, -0.2) is 14.6 Å². The highest BCUT2D eigenvalue weighted by atomic mass is 16.5. The Morgan fingerprint density at radius 1 is 0.912 bits per heavy atom. The van der Waals surface area contributed by atoms with Crippen molar-refractivity contribution in [3.63, 3.8) is 0 Å². The molecule has 0 unspecified atom stereocenters. The molecule has 7 heteroatoms. The molecule has 0 amide bonds. The van der Waals surface area contributed by atoms with Gasteiger partial charge in [-0.05, 0) is 35.9 Å². The molecule has 168 valence electrons. The van der Waals surface area contributed by atoms with Crippen LogP contribution in [0.1, 0.15) is 26.4 Å². The van der Waals surface area contributed by atoms with Crippen molar-refractivity contribution in [1.29, 1.82) is 0 Å². The van der Waals surface area contributed by atoms with Gasteiger partial charge in [-0.3, -0.25) is 0 Å². The molecule has 0 aliphatic heterocycles. The zero-order valence-corrected chi connectivity index (χ0v) is 18.2. The molecule has 34 heavy (non-hydrogen) atoms. The molecule has 0 aliphatic carbocycles. The van der Waals surface area contributed by atoms with E-state index in [9.17, 15) is 14.7 Å². The van der Waals surface area contributed by atoms with Gasteiger partial charge in [0.05, 0.1) is 18.3 Å². The van der Waals surface area contributed by atoms with E-state index in [4.69, 9.17) is 9.47 Å². The van der Waals surface area contributed by atoms with E-state index in [1.165, 1.54) is 19.2 Å². The maximum absolute atomic E-state index is 13.0. The fourth-order valence-corrected chi connectivity index (χ4v) is 3.91. The fraction of sp³-hybridized carbons (Fsp3) is 0.0741. The van der Waals surface area contributed by atoms with E-state index in [0.717, 1.165) is 21.9 Å². The number of methoxy groups -OCH3 is 1. The molecule has 3 aromatic carbocycles. The second-order valence-electron chi connectivity index (χ2n) is 7.73. The molecule has 0 radical (unpaired) electrons. The number of nitrogens with one attached hydrogen (secondary N) is 1. The van der Waals surface area contributed by atoms with E-state index in [2.05, 4.69) is 9.97 Å². The van der Waals surface area contributed by atoms with Gasteiger partial charge in [-0.2, -0.15) is 0 Å². The lowest BCUT2D eigenvalue weighted by molar-refractivity contribution is 0.0465. The van der Waals surface area contributed by atoms with Gasteiger partial charge in [0, 0.05) is 21.9 Å². The van der Waals surface area contributed by atoms with Crippen molar-refractivity contribution in [2.24, 2.45) is 0 Å². The van der Waals surface area contributed by atoms with Crippen LogP contribution in [0.3, 0.4) is 0 Å². The number of H-pyrrole nitrogens is 1.